The Morgan fingerprint density at radius 2 is 1.96 bits per heavy atom. The summed E-state index contributed by atoms with van der Waals surface area (Å²) in [5, 5.41) is 24.2. The predicted molar refractivity (Wildman–Crippen MR) is 108 cm³/mol. The van der Waals surface area contributed by atoms with E-state index in [1.807, 2.05) is 30.3 Å². The molecule has 3 aromatic rings. The van der Waals surface area contributed by atoms with Crippen LogP contribution in [0.5, 0.6) is 0 Å². The third kappa shape index (κ3) is 3.40. The zero-order valence-corrected chi connectivity index (χ0v) is 15.9. The van der Waals surface area contributed by atoms with Gasteiger partial charge in [-0.05, 0) is 42.5 Å². The number of rotatable bonds is 3. The minimum atomic E-state index is -1.06. The summed E-state index contributed by atoms with van der Waals surface area (Å²) in [4.78, 5) is 6.18. The van der Waals surface area contributed by atoms with Gasteiger partial charge in [0.05, 0.1) is 17.5 Å². The van der Waals surface area contributed by atoms with Crippen molar-refractivity contribution < 1.29 is 14.3 Å². The molecule has 1 aliphatic rings. The minimum Gasteiger partial charge on any atom is -0.623 e. The number of fused-ring (bicyclic) bond motifs is 1. The zero-order valence-electron chi connectivity index (χ0n) is 15.1. The van der Waals surface area contributed by atoms with Crippen LogP contribution in [0.2, 0.25) is 5.02 Å². The zero-order chi connectivity index (χ0) is 19.7. The van der Waals surface area contributed by atoms with Crippen LogP contribution < -0.4 is 0 Å². The van der Waals surface area contributed by atoms with Gasteiger partial charge in [-0.25, -0.2) is 4.99 Å². The summed E-state index contributed by atoms with van der Waals surface area (Å²) in [6, 6.07) is 18.0. The number of benzene rings is 2. The molecule has 1 unspecified atom stereocenters. The number of aliphatic hydroxyl groups excluding tert-OH is 1. The van der Waals surface area contributed by atoms with Crippen LogP contribution in [0.4, 0.5) is 5.69 Å². The Hall–Kier alpha value is -3.09. The molecule has 142 valence electrons. The van der Waals surface area contributed by atoms with E-state index in [4.69, 9.17) is 16.0 Å². The van der Waals surface area contributed by atoms with Crippen molar-refractivity contribution in [1.82, 2.24) is 4.90 Å². The summed E-state index contributed by atoms with van der Waals surface area (Å²) in [6.07, 6.45) is 0.427. The largest absolute Gasteiger partial charge is 0.623 e. The highest BCUT2D eigenvalue weighted by molar-refractivity contribution is 6.31. The Morgan fingerprint density at radius 3 is 2.68 bits per heavy atom. The summed E-state index contributed by atoms with van der Waals surface area (Å²) >= 11 is 6.20. The molecule has 6 nitrogen and oxygen atoms in total. The van der Waals surface area contributed by atoms with Gasteiger partial charge in [0.15, 0.2) is 17.8 Å². The van der Waals surface area contributed by atoms with Crippen molar-refractivity contribution in [2.75, 3.05) is 13.6 Å². The van der Waals surface area contributed by atoms with E-state index < -0.39 is 6.23 Å². The number of hydrogen-bond donors (Lipinski definition) is 1. The van der Waals surface area contributed by atoms with Crippen molar-refractivity contribution in [3.05, 3.63) is 94.0 Å². The highest BCUT2D eigenvalue weighted by atomic mass is 35.5. The number of halogens is 1. The minimum absolute atomic E-state index is 0.0369. The fourth-order valence-electron chi connectivity index (χ4n) is 3.17. The lowest BCUT2D eigenvalue weighted by molar-refractivity contribution is -0.440. The Balaban J connectivity index is 1.83. The second-order valence-corrected chi connectivity index (χ2v) is 6.88. The van der Waals surface area contributed by atoms with Crippen LogP contribution in [-0.2, 0) is 0 Å². The van der Waals surface area contributed by atoms with E-state index in [2.05, 4.69) is 4.99 Å². The Morgan fingerprint density at radius 1 is 1.18 bits per heavy atom. The lowest BCUT2D eigenvalue weighted by Gasteiger charge is -2.24. The highest BCUT2D eigenvalue weighted by Crippen LogP contribution is 2.29. The van der Waals surface area contributed by atoms with Gasteiger partial charge in [0.2, 0.25) is 12.3 Å². The van der Waals surface area contributed by atoms with Crippen LogP contribution in [0.25, 0.3) is 0 Å². The first-order valence-electron chi connectivity index (χ1n) is 8.73. The maximum absolute atomic E-state index is 13.1. The summed E-state index contributed by atoms with van der Waals surface area (Å²) in [5.41, 5.74) is 2.50. The van der Waals surface area contributed by atoms with E-state index in [9.17, 15) is 10.3 Å². The van der Waals surface area contributed by atoms with E-state index in [-0.39, 0.29) is 6.54 Å². The summed E-state index contributed by atoms with van der Waals surface area (Å²) < 4.78 is 6.16. The molecule has 0 saturated heterocycles. The van der Waals surface area contributed by atoms with Crippen LogP contribution in [-0.4, -0.2) is 39.9 Å². The van der Waals surface area contributed by atoms with Crippen molar-refractivity contribution in [2.24, 2.45) is 4.99 Å². The first-order chi connectivity index (χ1) is 13.5. The normalized spacial score (nSPS) is 14.9. The smallest absolute Gasteiger partial charge is 0.228 e. The van der Waals surface area contributed by atoms with Crippen LogP contribution in [0, 0.1) is 5.21 Å². The van der Waals surface area contributed by atoms with E-state index >= 15 is 0 Å². The van der Waals surface area contributed by atoms with Gasteiger partial charge in [0.1, 0.15) is 0 Å². The van der Waals surface area contributed by atoms with Crippen molar-refractivity contribution in [3.63, 3.8) is 0 Å². The number of hydrogen-bond acceptors (Lipinski definition) is 5. The summed E-state index contributed by atoms with van der Waals surface area (Å²) in [6.45, 7) is -0.0369. The van der Waals surface area contributed by atoms with Crippen molar-refractivity contribution in [1.29, 1.82) is 0 Å². The van der Waals surface area contributed by atoms with Crippen LogP contribution in [0.1, 0.15) is 23.1 Å². The fourth-order valence-corrected chi connectivity index (χ4v) is 3.34. The first-order valence-corrected chi connectivity index (χ1v) is 9.11. The molecule has 1 N–H and O–H groups in total. The van der Waals surface area contributed by atoms with Crippen molar-refractivity contribution >= 4 is 28.8 Å². The van der Waals surface area contributed by atoms with Crippen LogP contribution in [0.15, 0.2) is 76.3 Å². The van der Waals surface area contributed by atoms with Gasteiger partial charge in [0, 0.05) is 17.6 Å². The molecule has 0 radical (unpaired) electrons. The van der Waals surface area contributed by atoms with Crippen LogP contribution >= 0.6 is 11.6 Å². The molecule has 0 saturated carbocycles. The monoisotopic (exact) mass is 395 g/mol. The van der Waals surface area contributed by atoms with E-state index in [0.29, 0.717) is 33.6 Å². The molecule has 4 rings (SSSR count). The predicted octanol–water partition coefficient (Wildman–Crippen LogP) is 3.95. The molecule has 2 heterocycles. The lowest BCUT2D eigenvalue weighted by atomic mass is 10.0. The second-order valence-electron chi connectivity index (χ2n) is 6.44. The van der Waals surface area contributed by atoms with Gasteiger partial charge in [-0.1, -0.05) is 29.8 Å². The number of furan rings is 1. The fraction of sp³-hybridized carbons (Fsp3) is 0.143. The Labute approximate surface area is 167 Å². The lowest BCUT2D eigenvalue weighted by Crippen LogP contribution is -2.36. The number of likely N-dealkylation sites (N-methyl/N-ethyl adjacent to an activating group) is 1. The maximum Gasteiger partial charge on any atom is 0.228 e. The maximum atomic E-state index is 13.1. The van der Waals surface area contributed by atoms with E-state index in [1.54, 1.807) is 37.4 Å². The van der Waals surface area contributed by atoms with E-state index in [0.717, 1.165) is 10.3 Å². The molecule has 0 bridgehead atoms. The third-order valence-electron chi connectivity index (χ3n) is 4.62. The van der Waals surface area contributed by atoms with Crippen molar-refractivity contribution in [2.45, 2.75) is 6.23 Å². The van der Waals surface area contributed by atoms with Gasteiger partial charge in [-0.2, -0.15) is 4.74 Å². The summed E-state index contributed by atoms with van der Waals surface area (Å²) in [5.74, 6) is 0.781. The van der Waals surface area contributed by atoms with Gasteiger partial charge in [-0.3, -0.25) is 0 Å². The molecular weight excluding hydrogens is 378 g/mol. The number of hydroxylamine groups is 1. The number of aliphatic imine (C=N–C) groups is 1. The third-order valence-corrected chi connectivity index (χ3v) is 4.85. The molecule has 1 aromatic heterocycles. The standard InChI is InChI=1S/C21H18ClN3O3/c1-24(21(26)18-8-5-11-28-18)19-13-25(27)20(14-6-3-2-4-7-14)16-12-15(22)9-10-17(16)23-19/h2-12,21,26H,13H2,1H3. The average Bonchev–Trinajstić information content (AvgIpc) is 3.19. The Bertz CT molecular complexity index is 1050. The van der Waals surface area contributed by atoms with Gasteiger partial charge < -0.3 is 19.6 Å². The van der Waals surface area contributed by atoms with Gasteiger partial charge >= 0.3 is 0 Å². The second kappa shape index (κ2) is 7.50. The average molecular weight is 396 g/mol. The molecule has 0 fully saturated rings. The van der Waals surface area contributed by atoms with Gasteiger partial charge in [-0.15, -0.1) is 0 Å². The quantitative estimate of drug-likeness (QED) is 0.414. The number of amidine groups is 1. The molecule has 2 aromatic carbocycles. The number of aliphatic hydroxyl groups is 1. The van der Waals surface area contributed by atoms with Gasteiger partial charge in [0.25, 0.3) is 0 Å². The summed E-state index contributed by atoms with van der Waals surface area (Å²) in [7, 11) is 1.67. The highest BCUT2D eigenvalue weighted by Gasteiger charge is 2.29. The molecule has 0 aliphatic carbocycles. The SMILES string of the molecule is CN(C1=Nc2ccc(Cl)cc2C(c2ccccc2)=[N+]([O-])C1)C(O)c1ccco1. The van der Waals surface area contributed by atoms with Crippen LogP contribution in [0.3, 0.4) is 0 Å². The van der Waals surface area contributed by atoms with E-state index in [1.165, 1.54) is 11.2 Å². The molecule has 1 aliphatic heterocycles. The molecular formula is C21H18ClN3O3. The Kier molecular flexibility index (Phi) is 4.90. The van der Waals surface area contributed by atoms with Crippen molar-refractivity contribution in [3.8, 4) is 0 Å². The number of nitrogens with zero attached hydrogens (tertiary/aromatic N) is 3. The molecule has 0 spiro atoms. The first kappa shape index (κ1) is 18.3. The molecule has 28 heavy (non-hydrogen) atoms. The molecule has 0 amide bonds. The molecule has 7 heteroatoms. The topological polar surface area (TPSA) is 75.0 Å². The molecule has 1 atom stereocenters.